The van der Waals surface area contributed by atoms with Crippen LogP contribution < -0.4 is 5.32 Å². The molecular weight excluding hydrogens is 313 g/mol. The Morgan fingerprint density at radius 3 is 2.67 bits per heavy atom. The highest BCUT2D eigenvalue weighted by atomic mass is 19.1. The Hall–Kier alpha value is -2.80. The first-order valence-corrected chi connectivity index (χ1v) is 7.33. The van der Waals surface area contributed by atoms with Crippen molar-refractivity contribution in [2.75, 3.05) is 18.9 Å². The van der Waals surface area contributed by atoms with Crippen molar-refractivity contribution in [3.05, 3.63) is 69.5 Å². The zero-order valence-corrected chi connectivity index (χ0v) is 13.5. The van der Waals surface area contributed by atoms with E-state index in [9.17, 15) is 19.3 Å². The SMILES string of the molecule is Cc1ccc(NC(=O)CN(C)Cc2ccccc2F)c([N+](=O)[O-])c1. The van der Waals surface area contributed by atoms with Crippen LogP contribution in [0.3, 0.4) is 0 Å². The van der Waals surface area contributed by atoms with Gasteiger partial charge in [0.1, 0.15) is 11.5 Å². The molecule has 0 aliphatic carbocycles. The summed E-state index contributed by atoms with van der Waals surface area (Å²) in [6.45, 7) is 1.98. The maximum Gasteiger partial charge on any atom is 0.293 e. The summed E-state index contributed by atoms with van der Waals surface area (Å²) >= 11 is 0. The van der Waals surface area contributed by atoms with Crippen LogP contribution >= 0.6 is 0 Å². The number of amides is 1. The van der Waals surface area contributed by atoms with Gasteiger partial charge in [-0.3, -0.25) is 19.8 Å². The van der Waals surface area contributed by atoms with Crippen LogP contribution in [-0.2, 0) is 11.3 Å². The molecule has 0 fully saturated rings. The number of nitrogens with zero attached hydrogens (tertiary/aromatic N) is 2. The predicted octanol–water partition coefficient (Wildman–Crippen LogP) is 3.11. The molecule has 0 spiro atoms. The fourth-order valence-electron chi connectivity index (χ4n) is 2.31. The first-order chi connectivity index (χ1) is 11.4. The van der Waals surface area contributed by atoms with Crippen molar-refractivity contribution in [3.8, 4) is 0 Å². The largest absolute Gasteiger partial charge is 0.319 e. The number of nitro groups is 1. The van der Waals surface area contributed by atoms with Crippen LogP contribution in [0.5, 0.6) is 0 Å². The van der Waals surface area contributed by atoms with E-state index in [0.29, 0.717) is 5.56 Å². The van der Waals surface area contributed by atoms with Crippen molar-refractivity contribution in [3.63, 3.8) is 0 Å². The van der Waals surface area contributed by atoms with E-state index < -0.39 is 10.8 Å². The maximum atomic E-state index is 13.6. The second-order valence-corrected chi connectivity index (χ2v) is 5.59. The number of hydrogen-bond acceptors (Lipinski definition) is 4. The molecule has 0 aliphatic heterocycles. The molecule has 0 aliphatic rings. The van der Waals surface area contributed by atoms with Gasteiger partial charge in [0, 0.05) is 18.2 Å². The number of benzene rings is 2. The van der Waals surface area contributed by atoms with E-state index in [4.69, 9.17) is 0 Å². The average molecular weight is 331 g/mol. The molecule has 7 heteroatoms. The molecule has 0 atom stereocenters. The molecule has 2 rings (SSSR count). The monoisotopic (exact) mass is 331 g/mol. The first-order valence-electron chi connectivity index (χ1n) is 7.33. The lowest BCUT2D eigenvalue weighted by Gasteiger charge is -2.16. The summed E-state index contributed by atoms with van der Waals surface area (Å²) in [7, 11) is 1.68. The average Bonchev–Trinajstić information content (AvgIpc) is 2.51. The van der Waals surface area contributed by atoms with E-state index in [-0.39, 0.29) is 30.3 Å². The van der Waals surface area contributed by atoms with Gasteiger partial charge in [0.05, 0.1) is 11.5 Å². The van der Waals surface area contributed by atoms with Crippen LogP contribution in [0.1, 0.15) is 11.1 Å². The van der Waals surface area contributed by atoms with Crippen LogP contribution in [0, 0.1) is 22.9 Å². The quantitative estimate of drug-likeness (QED) is 0.652. The Morgan fingerprint density at radius 1 is 1.29 bits per heavy atom. The van der Waals surface area contributed by atoms with Gasteiger partial charge in [-0.15, -0.1) is 0 Å². The van der Waals surface area contributed by atoms with Crippen LogP contribution in [0.2, 0.25) is 0 Å². The molecule has 126 valence electrons. The van der Waals surface area contributed by atoms with Gasteiger partial charge in [0.25, 0.3) is 5.69 Å². The zero-order valence-electron chi connectivity index (χ0n) is 13.5. The first kappa shape index (κ1) is 17.6. The second kappa shape index (κ2) is 7.65. The Kier molecular flexibility index (Phi) is 5.59. The van der Waals surface area contributed by atoms with Gasteiger partial charge in [-0.1, -0.05) is 24.3 Å². The van der Waals surface area contributed by atoms with Crippen molar-refractivity contribution in [2.45, 2.75) is 13.5 Å². The van der Waals surface area contributed by atoms with E-state index in [1.807, 2.05) is 0 Å². The number of rotatable bonds is 6. The molecule has 0 heterocycles. The summed E-state index contributed by atoms with van der Waals surface area (Å²) in [5.74, 6) is -0.736. The van der Waals surface area contributed by atoms with Crippen molar-refractivity contribution in [2.24, 2.45) is 0 Å². The molecule has 2 aromatic carbocycles. The summed E-state index contributed by atoms with van der Waals surface area (Å²) in [6.07, 6.45) is 0. The maximum absolute atomic E-state index is 13.6. The van der Waals surface area contributed by atoms with Crippen molar-refractivity contribution >= 4 is 17.3 Å². The van der Waals surface area contributed by atoms with Gasteiger partial charge in [-0.25, -0.2) is 4.39 Å². The topological polar surface area (TPSA) is 75.5 Å². The molecule has 0 unspecified atom stereocenters. The van der Waals surface area contributed by atoms with Crippen molar-refractivity contribution < 1.29 is 14.1 Å². The van der Waals surface area contributed by atoms with Crippen LogP contribution in [0.4, 0.5) is 15.8 Å². The summed E-state index contributed by atoms with van der Waals surface area (Å²) in [5, 5.41) is 13.6. The summed E-state index contributed by atoms with van der Waals surface area (Å²) in [4.78, 5) is 24.2. The molecule has 0 radical (unpaired) electrons. The third kappa shape index (κ3) is 4.60. The molecule has 0 saturated heterocycles. The van der Waals surface area contributed by atoms with Gasteiger partial charge < -0.3 is 5.32 Å². The van der Waals surface area contributed by atoms with Gasteiger partial charge in [-0.2, -0.15) is 0 Å². The number of anilines is 1. The molecular formula is C17H18FN3O3. The Bertz CT molecular complexity index is 764. The Labute approximate surface area is 139 Å². The summed E-state index contributed by atoms with van der Waals surface area (Å²) in [6, 6.07) is 10.9. The molecule has 0 aromatic heterocycles. The van der Waals surface area contributed by atoms with Crippen LogP contribution in [0.25, 0.3) is 0 Å². The van der Waals surface area contributed by atoms with Crippen molar-refractivity contribution in [1.82, 2.24) is 4.90 Å². The third-order valence-corrected chi connectivity index (χ3v) is 3.44. The molecule has 1 N–H and O–H groups in total. The van der Waals surface area contributed by atoms with Crippen LogP contribution in [0.15, 0.2) is 42.5 Å². The van der Waals surface area contributed by atoms with E-state index >= 15 is 0 Å². The zero-order chi connectivity index (χ0) is 17.7. The second-order valence-electron chi connectivity index (χ2n) is 5.59. The van der Waals surface area contributed by atoms with Gasteiger partial charge in [-0.05, 0) is 31.7 Å². The lowest BCUT2D eigenvalue weighted by molar-refractivity contribution is -0.384. The minimum absolute atomic E-state index is 0.0145. The third-order valence-electron chi connectivity index (χ3n) is 3.44. The molecule has 0 bridgehead atoms. The molecule has 24 heavy (non-hydrogen) atoms. The van der Waals surface area contributed by atoms with Gasteiger partial charge >= 0.3 is 0 Å². The smallest absolute Gasteiger partial charge is 0.293 e. The molecule has 6 nitrogen and oxygen atoms in total. The highest BCUT2D eigenvalue weighted by Crippen LogP contribution is 2.25. The normalized spacial score (nSPS) is 10.7. The summed E-state index contributed by atoms with van der Waals surface area (Å²) in [5.41, 5.74) is 1.21. The predicted molar refractivity (Wildman–Crippen MR) is 89.2 cm³/mol. The molecule has 1 amide bonds. The highest BCUT2D eigenvalue weighted by Gasteiger charge is 2.17. The highest BCUT2D eigenvalue weighted by molar-refractivity contribution is 5.94. The number of likely N-dealkylation sites (N-methyl/N-ethyl adjacent to an activating group) is 1. The number of carbonyl (C=O) groups excluding carboxylic acids is 1. The van der Waals surface area contributed by atoms with E-state index in [1.54, 1.807) is 43.1 Å². The number of hydrogen-bond donors (Lipinski definition) is 1. The summed E-state index contributed by atoms with van der Waals surface area (Å²) < 4.78 is 13.6. The Morgan fingerprint density at radius 2 is 2.00 bits per heavy atom. The minimum Gasteiger partial charge on any atom is -0.319 e. The minimum atomic E-state index is -0.536. The van der Waals surface area contributed by atoms with Gasteiger partial charge in [0.2, 0.25) is 5.91 Å². The molecule has 2 aromatic rings. The van der Waals surface area contributed by atoms with E-state index in [2.05, 4.69) is 5.32 Å². The lowest BCUT2D eigenvalue weighted by atomic mass is 10.2. The van der Waals surface area contributed by atoms with E-state index in [0.717, 1.165) is 5.56 Å². The lowest BCUT2D eigenvalue weighted by Crippen LogP contribution is -2.30. The molecule has 0 saturated carbocycles. The number of nitrogens with one attached hydrogen (secondary N) is 1. The number of carbonyl (C=O) groups is 1. The number of aryl methyl sites for hydroxylation is 1. The van der Waals surface area contributed by atoms with Crippen molar-refractivity contribution in [1.29, 1.82) is 0 Å². The van der Waals surface area contributed by atoms with E-state index in [1.165, 1.54) is 18.2 Å². The fourth-order valence-corrected chi connectivity index (χ4v) is 2.31. The number of nitro benzene ring substituents is 1. The van der Waals surface area contributed by atoms with Gasteiger partial charge in [0.15, 0.2) is 0 Å². The fraction of sp³-hybridized carbons (Fsp3) is 0.235. The van der Waals surface area contributed by atoms with Crippen LogP contribution in [-0.4, -0.2) is 29.3 Å². The standard InChI is InChI=1S/C17H18FN3O3/c1-12-7-8-15(16(9-12)21(23)24)19-17(22)11-20(2)10-13-5-3-4-6-14(13)18/h3-9H,10-11H2,1-2H3,(H,19,22). The Balaban J connectivity index is 2.01. The number of halogens is 1.